The summed E-state index contributed by atoms with van der Waals surface area (Å²) in [6.07, 6.45) is 5.52. The molecular formula is C29H36N8O3. The number of morpholine rings is 1. The molecule has 2 atom stereocenters. The highest BCUT2D eigenvalue weighted by atomic mass is 16.5. The van der Waals surface area contributed by atoms with Crippen molar-refractivity contribution in [3.05, 3.63) is 47.8 Å². The number of aryl methyl sites for hydroxylation is 1. The lowest BCUT2D eigenvalue weighted by molar-refractivity contribution is -0.214. The van der Waals surface area contributed by atoms with Crippen molar-refractivity contribution in [1.82, 2.24) is 30.0 Å². The summed E-state index contributed by atoms with van der Waals surface area (Å²) >= 11 is 0. The second kappa shape index (κ2) is 10.4. The van der Waals surface area contributed by atoms with E-state index < -0.39 is 0 Å². The number of hydrogen-bond donors (Lipinski definition) is 1. The summed E-state index contributed by atoms with van der Waals surface area (Å²) in [7, 11) is 0. The molecule has 1 unspecified atom stereocenters. The number of rotatable bonds is 8. The summed E-state index contributed by atoms with van der Waals surface area (Å²) in [4.78, 5) is 31.1. The Labute approximate surface area is 233 Å². The van der Waals surface area contributed by atoms with E-state index in [1.54, 1.807) is 0 Å². The summed E-state index contributed by atoms with van der Waals surface area (Å²) in [5, 5.41) is 8.51. The van der Waals surface area contributed by atoms with Gasteiger partial charge in [-0.15, -0.1) is 0 Å². The average Bonchev–Trinajstić information content (AvgIpc) is 3.45. The van der Waals surface area contributed by atoms with Crippen LogP contribution in [0.2, 0.25) is 0 Å². The quantitative estimate of drug-likeness (QED) is 0.337. The minimum absolute atomic E-state index is 0.0187. The SMILES string of the molecule is C=CC(=O)N1CCN(c2nc(OCCCN3CC4OC[C@H]43)nc3c2CCN(c2c(C)ccc4[nH]ncc24)C3)CC1. The smallest absolute Gasteiger partial charge is 0.318 e. The van der Waals surface area contributed by atoms with Crippen LogP contribution in [0.15, 0.2) is 31.0 Å². The van der Waals surface area contributed by atoms with Gasteiger partial charge in [-0.25, -0.2) is 0 Å². The maximum absolute atomic E-state index is 12.2. The average molecular weight is 545 g/mol. The molecule has 0 aliphatic carbocycles. The summed E-state index contributed by atoms with van der Waals surface area (Å²) in [5.41, 5.74) is 5.64. The normalized spacial score (nSPS) is 22.4. The lowest BCUT2D eigenvalue weighted by atomic mass is 9.95. The Morgan fingerprint density at radius 2 is 2.08 bits per heavy atom. The Kier molecular flexibility index (Phi) is 6.55. The van der Waals surface area contributed by atoms with Crippen molar-refractivity contribution in [2.24, 2.45) is 0 Å². The van der Waals surface area contributed by atoms with Crippen LogP contribution < -0.4 is 14.5 Å². The van der Waals surface area contributed by atoms with E-state index in [0.717, 1.165) is 74.6 Å². The van der Waals surface area contributed by atoms with Crippen molar-refractivity contribution in [2.45, 2.75) is 38.5 Å². The van der Waals surface area contributed by atoms with E-state index in [0.29, 0.717) is 44.4 Å². The van der Waals surface area contributed by atoms with Gasteiger partial charge in [-0.1, -0.05) is 12.6 Å². The maximum Gasteiger partial charge on any atom is 0.318 e. The second-order valence-electron chi connectivity index (χ2n) is 11.1. The van der Waals surface area contributed by atoms with Gasteiger partial charge in [0, 0.05) is 56.8 Å². The zero-order valence-corrected chi connectivity index (χ0v) is 23.0. The van der Waals surface area contributed by atoms with Crippen LogP contribution in [0.5, 0.6) is 6.01 Å². The van der Waals surface area contributed by atoms with Crippen LogP contribution in [0.3, 0.4) is 0 Å². The fraction of sp³-hybridized carbons (Fsp3) is 0.517. The second-order valence-corrected chi connectivity index (χ2v) is 11.1. The van der Waals surface area contributed by atoms with E-state index in [2.05, 4.69) is 50.5 Å². The standard InChI is InChI=1S/C29H36N8O3/c1-3-26(38)34-10-12-35(13-11-34)28-20-7-9-37(27-19(2)5-6-22-21(27)15-30-33-22)16-23(20)31-29(32-28)39-14-4-8-36-17-25-24(36)18-40-25/h3,5-6,15,24-25H,1,4,7-14,16-18H2,2H3,(H,30,33)/t24-,25?/m1/s1. The van der Waals surface area contributed by atoms with Crippen molar-refractivity contribution in [3.8, 4) is 6.01 Å². The van der Waals surface area contributed by atoms with Crippen LogP contribution in [-0.4, -0.2) is 107 Å². The van der Waals surface area contributed by atoms with Gasteiger partial charge in [-0.3, -0.25) is 14.8 Å². The fourth-order valence-electron chi connectivity index (χ4n) is 6.45. The monoisotopic (exact) mass is 544 g/mol. The zero-order valence-electron chi connectivity index (χ0n) is 23.0. The van der Waals surface area contributed by atoms with Gasteiger partial charge in [0.1, 0.15) is 5.82 Å². The first-order chi connectivity index (χ1) is 19.6. The van der Waals surface area contributed by atoms with Gasteiger partial charge < -0.3 is 24.2 Å². The molecule has 3 aromatic rings. The molecule has 7 rings (SSSR count). The Morgan fingerprint density at radius 3 is 2.83 bits per heavy atom. The lowest BCUT2D eigenvalue weighted by Crippen LogP contribution is -2.70. The molecule has 0 spiro atoms. The molecule has 3 saturated heterocycles. The fourth-order valence-corrected chi connectivity index (χ4v) is 6.45. The van der Waals surface area contributed by atoms with E-state index >= 15 is 0 Å². The minimum atomic E-state index is -0.0187. The Morgan fingerprint density at radius 1 is 1.20 bits per heavy atom. The first-order valence-corrected chi connectivity index (χ1v) is 14.3. The molecule has 11 heteroatoms. The van der Waals surface area contributed by atoms with Gasteiger partial charge in [-0.2, -0.15) is 15.1 Å². The summed E-state index contributed by atoms with van der Waals surface area (Å²) < 4.78 is 11.7. The lowest BCUT2D eigenvalue weighted by Gasteiger charge is -2.55. The highest BCUT2D eigenvalue weighted by molar-refractivity contribution is 5.93. The molecular weight excluding hydrogens is 508 g/mol. The Bertz CT molecular complexity index is 1430. The predicted molar refractivity (Wildman–Crippen MR) is 152 cm³/mol. The van der Waals surface area contributed by atoms with Gasteiger partial charge in [0.2, 0.25) is 5.91 Å². The number of carbonyl (C=O) groups is 1. The molecule has 40 heavy (non-hydrogen) atoms. The summed E-state index contributed by atoms with van der Waals surface area (Å²) in [5.74, 6) is 0.926. The molecule has 0 bridgehead atoms. The van der Waals surface area contributed by atoms with Crippen LogP contribution >= 0.6 is 0 Å². The van der Waals surface area contributed by atoms with Gasteiger partial charge in [0.15, 0.2) is 0 Å². The minimum Gasteiger partial charge on any atom is -0.463 e. The number of likely N-dealkylation sites (tertiary alicyclic amines) is 1. The van der Waals surface area contributed by atoms with Crippen LogP contribution in [-0.2, 0) is 22.5 Å². The largest absolute Gasteiger partial charge is 0.463 e. The topological polar surface area (TPSA) is 103 Å². The van der Waals surface area contributed by atoms with Crippen molar-refractivity contribution in [1.29, 1.82) is 0 Å². The summed E-state index contributed by atoms with van der Waals surface area (Å²) in [6, 6.07) is 5.27. The van der Waals surface area contributed by atoms with Crippen LogP contribution in [0, 0.1) is 6.92 Å². The molecule has 0 saturated carbocycles. The number of hydrogen-bond acceptors (Lipinski definition) is 9. The molecule has 1 N–H and O–H groups in total. The number of fused-ring (bicyclic) bond motifs is 3. The number of nitrogens with one attached hydrogen (secondary N) is 1. The predicted octanol–water partition coefficient (Wildman–Crippen LogP) is 1.91. The van der Waals surface area contributed by atoms with Crippen molar-refractivity contribution >= 4 is 28.3 Å². The number of anilines is 2. The third kappa shape index (κ3) is 4.46. The number of carbonyl (C=O) groups excluding carboxylic acids is 1. The van der Waals surface area contributed by atoms with E-state index in [4.69, 9.17) is 19.4 Å². The third-order valence-electron chi connectivity index (χ3n) is 8.82. The number of amides is 1. The molecule has 11 nitrogen and oxygen atoms in total. The van der Waals surface area contributed by atoms with Crippen molar-refractivity contribution in [3.63, 3.8) is 0 Å². The van der Waals surface area contributed by atoms with Gasteiger partial charge in [-0.05, 0) is 37.5 Å². The highest BCUT2D eigenvalue weighted by Gasteiger charge is 2.46. The molecule has 4 aliphatic rings. The van der Waals surface area contributed by atoms with Crippen molar-refractivity contribution in [2.75, 3.05) is 68.8 Å². The number of aromatic amines is 1. The molecule has 0 radical (unpaired) electrons. The first-order valence-electron chi connectivity index (χ1n) is 14.3. The van der Waals surface area contributed by atoms with Gasteiger partial charge >= 0.3 is 6.01 Å². The van der Waals surface area contributed by atoms with Crippen LogP contribution in [0.4, 0.5) is 11.5 Å². The number of aromatic nitrogens is 4. The van der Waals surface area contributed by atoms with E-state index in [1.165, 1.54) is 22.9 Å². The van der Waals surface area contributed by atoms with Crippen LogP contribution in [0.1, 0.15) is 23.2 Å². The van der Waals surface area contributed by atoms with E-state index in [1.807, 2.05) is 11.1 Å². The zero-order chi connectivity index (χ0) is 27.2. The molecule has 1 aromatic carbocycles. The van der Waals surface area contributed by atoms with E-state index in [9.17, 15) is 4.79 Å². The molecule has 1 amide bonds. The molecule has 2 aromatic heterocycles. The van der Waals surface area contributed by atoms with Gasteiger partial charge in [0.25, 0.3) is 0 Å². The summed E-state index contributed by atoms with van der Waals surface area (Å²) in [6.45, 7) is 13.5. The number of nitrogens with zero attached hydrogens (tertiary/aromatic N) is 7. The molecule has 4 aliphatic heterocycles. The first kappa shape index (κ1) is 25.3. The van der Waals surface area contributed by atoms with Gasteiger partial charge in [0.05, 0.1) is 55.0 Å². The number of piperazine rings is 1. The van der Waals surface area contributed by atoms with Crippen LogP contribution in [0.25, 0.3) is 10.9 Å². The number of H-pyrrole nitrogens is 1. The number of ether oxygens (including phenoxy) is 2. The molecule has 210 valence electrons. The molecule has 6 heterocycles. The number of benzene rings is 1. The molecule has 3 fully saturated rings. The van der Waals surface area contributed by atoms with Crippen molar-refractivity contribution < 1.29 is 14.3 Å². The Hall–Kier alpha value is -3.70. The Balaban J connectivity index is 1.12. The maximum atomic E-state index is 12.2. The highest BCUT2D eigenvalue weighted by Crippen LogP contribution is 2.36. The third-order valence-corrected chi connectivity index (χ3v) is 8.82. The van der Waals surface area contributed by atoms with E-state index in [-0.39, 0.29) is 5.91 Å².